The number of benzene rings is 2. The molecule has 0 radical (unpaired) electrons. The standard InChI is InChI=1S/C31H42N2O5/c1-4-5-16-32-17-19-37-28-12-7-6-10-25(28)11-8-9-15-31(30(32)35)23-33(18-20-38-31)29(34)22-26-21-24(2)13-14-27(26)36-3/h6-7,10,12-14,21H,4-5,8-9,11,15-20,22-23H2,1-3H3. The van der Waals surface area contributed by atoms with Gasteiger partial charge in [0.2, 0.25) is 5.91 Å². The number of fused-ring (bicyclic) bond motifs is 1. The molecule has 4 rings (SSSR count). The minimum Gasteiger partial charge on any atom is -0.496 e. The zero-order valence-corrected chi connectivity index (χ0v) is 23.2. The van der Waals surface area contributed by atoms with Crippen molar-refractivity contribution in [3.05, 3.63) is 59.2 Å². The second kappa shape index (κ2) is 13.1. The van der Waals surface area contributed by atoms with Gasteiger partial charge in [0.1, 0.15) is 18.1 Å². The number of methoxy groups -OCH3 is 1. The number of nitrogens with zero attached hydrogens (tertiary/aromatic N) is 2. The van der Waals surface area contributed by atoms with Gasteiger partial charge in [-0.15, -0.1) is 0 Å². The summed E-state index contributed by atoms with van der Waals surface area (Å²) >= 11 is 0. The second-order valence-electron chi connectivity index (χ2n) is 10.5. The number of carbonyl (C=O) groups excluding carboxylic acids is 2. The highest BCUT2D eigenvalue weighted by Crippen LogP contribution is 2.30. The lowest BCUT2D eigenvalue weighted by molar-refractivity contribution is -0.176. The molecule has 2 amide bonds. The molecule has 2 aromatic rings. The minimum atomic E-state index is -1.03. The number of rotatable bonds is 6. The first-order chi connectivity index (χ1) is 18.5. The molecule has 0 aromatic heterocycles. The van der Waals surface area contributed by atoms with Gasteiger partial charge in [-0.2, -0.15) is 0 Å². The number of hydrogen-bond acceptors (Lipinski definition) is 5. The Morgan fingerprint density at radius 3 is 2.76 bits per heavy atom. The summed E-state index contributed by atoms with van der Waals surface area (Å²) in [6.07, 6.45) is 5.36. The van der Waals surface area contributed by atoms with Crippen LogP contribution in [0, 0.1) is 6.92 Å². The fourth-order valence-electron chi connectivity index (χ4n) is 5.50. The molecule has 38 heavy (non-hydrogen) atoms. The molecule has 2 aliphatic rings. The first-order valence-corrected chi connectivity index (χ1v) is 14.0. The maximum absolute atomic E-state index is 14.1. The van der Waals surface area contributed by atoms with Gasteiger partial charge in [-0.05, 0) is 56.7 Å². The molecule has 0 N–H and O–H groups in total. The summed E-state index contributed by atoms with van der Waals surface area (Å²) < 4.78 is 18.0. The van der Waals surface area contributed by atoms with E-state index in [4.69, 9.17) is 14.2 Å². The van der Waals surface area contributed by atoms with Gasteiger partial charge in [0.15, 0.2) is 5.60 Å². The van der Waals surface area contributed by atoms with Crippen LogP contribution in [0.5, 0.6) is 11.5 Å². The van der Waals surface area contributed by atoms with Gasteiger partial charge >= 0.3 is 0 Å². The molecular formula is C31H42N2O5. The Bertz CT molecular complexity index is 1100. The van der Waals surface area contributed by atoms with E-state index in [9.17, 15) is 9.59 Å². The average molecular weight is 523 g/mol. The van der Waals surface area contributed by atoms with Crippen LogP contribution < -0.4 is 9.47 Å². The molecule has 0 bridgehead atoms. The van der Waals surface area contributed by atoms with E-state index in [1.807, 2.05) is 53.1 Å². The lowest BCUT2D eigenvalue weighted by Gasteiger charge is -2.44. The molecule has 7 nitrogen and oxygen atoms in total. The smallest absolute Gasteiger partial charge is 0.256 e. The highest BCUT2D eigenvalue weighted by atomic mass is 16.5. The molecule has 2 aromatic carbocycles. The molecule has 0 saturated carbocycles. The Hall–Kier alpha value is -3.06. The predicted molar refractivity (Wildman–Crippen MR) is 148 cm³/mol. The molecule has 1 atom stereocenters. The van der Waals surface area contributed by atoms with Crippen molar-refractivity contribution in [1.29, 1.82) is 0 Å². The molecule has 0 aliphatic carbocycles. The summed E-state index contributed by atoms with van der Waals surface area (Å²) in [6, 6.07) is 14.1. The van der Waals surface area contributed by atoms with Crippen LogP contribution in [0.15, 0.2) is 42.5 Å². The maximum Gasteiger partial charge on any atom is 0.256 e. The maximum atomic E-state index is 14.1. The number of morpholine rings is 1. The van der Waals surface area contributed by atoms with Gasteiger partial charge in [0.25, 0.3) is 5.91 Å². The number of unbranched alkanes of at least 4 members (excludes halogenated alkanes) is 1. The lowest BCUT2D eigenvalue weighted by atomic mass is 9.90. The summed E-state index contributed by atoms with van der Waals surface area (Å²) in [7, 11) is 1.62. The normalized spacial score (nSPS) is 20.8. The third-order valence-corrected chi connectivity index (χ3v) is 7.64. The van der Waals surface area contributed by atoms with Gasteiger partial charge < -0.3 is 24.0 Å². The van der Waals surface area contributed by atoms with Crippen LogP contribution in [0.3, 0.4) is 0 Å². The van der Waals surface area contributed by atoms with Crippen LogP contribution in [-0.4, -0.2) is 73.7 Å². The molecule has 2 aliphatic heterocycles. The number of ether oxygens (including phenoxy) is 3. The van der Waals surface area contributed by atoms with E-state index in [1.54, 1.807) is 7.11 Å². The van der Waals surface area contributed by atoms with E-state index in [0.717, 1.165) is 49.0 Å². The topological polar surface area (TPSA) is 68.3 Å². The number of para-hydroxylation sites is 1. The van der Waals surface area contributed by atoms with Crippen LogP contribution in [-0.2, 0) is 27.2 Å². The first kappa shape index (κ1) is 28.0. The molecule has 7 heteroatoms. The highest BCUT2D eigenvalue weighted by Gasteiger charge is 2.46. The number of hydrogen-bond donors (Lipinski definition) is 0. The van der Waals surface area contributed by atoms with E-state index in [-0.39, 0.29) is 24.8 Å². The zero-order valence-electron chi connectivity index (χ0n) is 23.2. The Morgan fingerprint density at radius 1 is 1.11 bits per heavy atom. The quantitative estimate of drug-likeness (QED) is 0.556. The van der Waals surface area contributed by atoms with Crippen molar-refractivity contribution in [3.8, 4) is 11.5 Å². The monoisotopic (exact) mass is 522 g/mol. The summed E-state index contributed by atoms with van der Waals surface area (Å²) in [4.78, 5) is 31.4. The zero-order chi connectivity index (χ0) is 27.0. The second-order valence-corrected chi connectivity index (χ2v) is 10.5. The van der Waals surface area contributed by atoms with Crippen molar-refractivity contribution in [2.45, 2.75) is 64.4 Å². The molecule has 206 valence electrons. The van der Waals surface area contributed by atoms with Crippen molar-refractivity contribution in [3.63, 3.8) is 0 Å². The third-order valence-electron chi connectivity index (χ3n) is 7.64. The summed E-state index contributed by atoms with van der Waals surface area (Å²) in [5, 5.41) is 0. The Kier molecular flexibility index (Phi) is 9.67. The minimum absolute atomic E-state index is 0.00661. The first-order valence-electron chi connectivity index (χ1n) is 14.0. The predicted octanol–water partition coefficient (Wildman–Crippen LogP) is 4.58. The third kappa shape index (κ3) is 6.68. The van der Waals surface area contributed by atoms with Crippen molar-refractivity contribution in [1.82, 2.24) is 9.80 Å². The molecule has 1 unspecified atom stereocenters. The van der Waals surface area contributed by atoms with Crippen molar-refractivity contribution in [2.75, 3.05) is 46.5 Å². The Morgan fingerprint density at radius 2 is 1.95 bits per heavy atom. The van der Waals surface area contributed by atoms with Gasteiger partial charge in [0, 0.05) is 18.7 Å². The van der Waals surface area contributed by atoms with Crippen LogP contribution in [0.25, 0.3) is 0 Å². The molecular weight excluding hydrogens is 480 g/mol. The van der Waals surface area contributed by atoms with Gasteiger partial charge in [-0.1, -0.05) is 49.2 Å². The van der Waals surface area contributed by atoms with Gasteiger partial charge in [-0.25, -0.2) is 0 Å². The van der Waals surface area contributed by atoms with Crippen LogP contribution in [0.1, 0.15) is 55.7 Å². The SMILES string of the molecule is CCCCN1CCOc2ccccc2CCCCC2(CN(C(=O)Cc3cc(C)ccc3OC)CCO2)C1=O. The number of aryl methyl sites for hydroxylation is 2. The summed E-state index contributed by atoms with van der Waals surface area (Å²) in [5.74, 6) is 1.59. The van der Waals surface area contributed by atoms with Crippen LogP contribution in [0.4, 0.5) is 0 Å². The van der Waals surface area contributed by atoms with E-state index >= 15 is 0 Å². The van der Waals surface area contributed by atoms with E-state index in [2.05, 4.69) is 13.0 Å². The molecule has 1 spiro atoms. The number of carbonyl (C=O) groups is 2. The van der Waals surface area contributed by atoms with E-state index < -0.39 is 5.60 Å². The summed E-state index contributed by atoms with van der Waals surface area (Å²) in [6.45, 7) is 6.81. The van der Waals surface area contributed by atoms with Crippen LogP contribution >= 0.6 is 0 Å². The Labute approximate surface area is 227 Å². The van der Waals surface area contributed by atoms with Crippen molar-refractivity contribution in [2.24, 2.45) is 0 Å². The Balaban J connectivity index is 1.55. The van der Waals surface area contributed by atoms with Crippen molar-refractivity contribution < 1.29 is 23.8 Å². The van der Waals surface area contributed by atoms with E-state index in [0.29, 0.717) is 45.0 Å². The lowest BCUT2D eigenvalue weighted by Crippen LogP contribution is -2.62. The van der Waals surface area contributed by atoms with Crippen molar-refractivity contribution >= 4 is 11.8 Å². The summed E-state index contributed by atoms with van der Waals surface area (Å²) in [5.41, 5.74) is 2.11. The van der Waals surface area contributed by atoms with Gasteiger partial charge in [-0.3, -0.25) is 9.59 Å². The average Bonchev–Trinajstić information content (AvgIpc) is 2.93. The largest absolute Gasteiger partial charge is 0.496 e. The van der Waals surface area contributed by atoms with E-state index in [1.165, 1.54) is 5.56 Å². The van der Waals surface area contributed by atoms with Gasteiger partial charge in [0.05, 0.1) is 33.2 Å². The number of amides is 2. The van der Waals surface area contributed by atoms with Crippen LogP contribution in [0.2, 0.25) is 0 Å². The fourth-order valence-corrected chi connectivity index (χ4v) is 5.50. The fraction of sp³-hybridized carbons (Fsp3) is 0.548. The molecule has 2 heterocycles. The highest BCUT2D eigenvalue weighted by molar-refractivity contribution is 5.87. The molecule has 1 saturated heterocycles. The molecule has 1 fully saturated rings.